The average molecular weight is 379 g/mol. The van der Waals surface area contributed by atoms with Gasteiger partial charge in [-0.25, -0.2) is 0 Å². The van der Waals surface area contributed by atoms with E-state index in [9.17, 15) is 9.59 Å². The fourth-order valence-electron chi connectivity index (χ4n) is 3.24. The van der Waals surface area contributed by atoms with Gasteiger partial charge in [-0.2, -0.15) is 0 Å². The highest BCUT2D eigenvalue weighted by atomic mass is 16.5. The van der Waals surface area contributed by atoms with Crippen molar-refractivity contribution in [2.45, 2.75) is 25.9 Å². The maximum Gasteiger partial charge on any atom is 0.325 e. The van der Waals surface area contributed by atoms with Gasteiger partial charge >= 0.3 is 5.97 Å². The molecule has 0 radical (unpaired) electrons. The molecule has 3 aromatic rings. The summed E-state index contributed by atoms with van der Waals surface area (Å²) in [7, 11) is 0. The van der Waals surface area contributed by atoms with Gasteiger partial charge in [0.2, 0.25) is 5.91 Å². The molecule has 2 aromatic carbocycles. The molecule has 6 nitrogen and oxygen atoms in total. The smallest absolute Gasteiger partial charge is 0.325 e. The largest absolute Gasteiger partial charge is 0.465 e. The third kappa shape index (κ3) is 4.78. The van der Waals surface area contributed by atoms with E-state index in [-0.39, 0.29) is 19.1 Å². The molecule has 1 aromatic heterocycles. The zero-order chi connectivity index (χ0) is 19.9. The van der Waals surface area contributed by atoms with Gasteiger partial charge in [0.15, 0.2) is 0 Å². The summed E-state index contributed by atoms with van der Waals surface area (Å²) in [4.78, 5) is 29.7. The SMILES string of the molecule is CCOC(=O)CN(Cc1ccccc1)C(=O)[C@H](N)Cc1c[nH]c2ccccc12. The number of hydrogen-bond donors (Lipinski definition) is 2. The Morgan fingerprint density at radius 2 is 1.82 bits per heavy atom. The van der Waals surface area contributed by atoms with Gasteiger partial charge < -0.3 is 20.4 Å². The molecule has 0 saturated carbocycles. The van der Waals surface area contributed by atoms with Crippen LogP contribution in [0.4, 0.5) is 0 Å². The van der Waals surface area contributed by atoms with Gasteiger partial charge in [0.05, 0.1) is 12.6 Å². The molecule has 28 heavy (non-hydrogen) atoms. The van der Waals surface area contributed by atoms with E-state index in [0.717, 1.165) is 22.0 Å². The van der Waals surface area contributed by atoms with Crippen molar-refractivity contribution in [2.75, 3.05) is 13.2 Å². The van der Waals surface area contributed by atoms with Crippen LogP contribution in [0.5, 0.6) is 0 Å². The number of aromatic amines is 1. The molecule has 0 unspecified atom stereocenters. The number of carbonyl (C=O) groups excluding carboxylic acids is 2. The Morgan fingerprint density at radius 3 is 2.57 bits per heavy atom. The van der Waals surface area contributed by atoms with Crippen LogP contribution >= 0.6 is 0 Å². The van der Waals surface area contributed by atoms with Crippen molar-refractivity contribution in [3.8, 4) is 0 Å². The molecule has 0 spiro atoms. The summed E-state index contributed by atoms with van der Waals surface area (Å²) in [6.45, 7) is 2.20. The van der Waals surface area contributed by atoms with Crippen molar-refractivity contribution in [1.29, 1.82) is 0 Å². The van der Waals surface area contributed by atoms with Crippen LogP contribution in [0.15, 0.2) is 60.8 Å². The molecule has 3 rings (SSSR count). The number of carbonyl (C=O) groups is 2. The number of H-pyrrole nitrogens is 1. The summed E-state index contributed by atoms with van der Waals surface area (Å²) in [6.07, 6.45) is 2.27. The number of nitrogens with zero attached hydrogens (tertiary/aromatic N) is 1. The number of fused-ring (bicyclic) bond motifs is 1. The molecule has 0 bridgehead atoms. The fourth-order valence-corrected chi connectivity index (χ4v) is 3.24. The van der Waals surface area contributed by atoms with Crippen molar-refractivity contribution in [3.63, 3.8) is 0 Å². The number of amides is 1. The van der Waals surface area contributed by atoms with E-state index in [4.69, 9.17) is 10.5 Å². The molecule has 146 valence electrons. The average Bonchev–Trinajstić information content (AvgIpc) is 3.11. The van der Waals surface area contributed by atoms with Gasteiger partial charge in [-0.15, -0.1) is 0 Å². The quantitative estimate of drug-likeness (QED) is 0.589. The number of esters is 1. The van der Waals surface area contributed by atoms with Crippen molar-refractivity contribution in [2.24, 2.45) is 5.73 Å². The Balaban J connectivity index is 1.75. The topological polar surface area (TPSA) is 88.4 Å². The standard InChI is InChI=1S/C22H25N3O3/c1-2-28-21(26)15-25(14-16-8-4-3-5-9-16)22(27)19(23)12-17-13-24-20-11-7-6-10-18(17)20/h3-11,13,19,24H,2,12,14-15,23H2,1H3/t19-/m1/s1. The molecular weight excluding hydrogens is 354 g/mol. The van der Waals surface area contributed by atoms with Crippen LogP contribution < -0.4 is 5.73 Å². The highest BCUT2D eigenvalue weighted by molar-refractivity contribution is 5.88. The first kappa shape index (κ1) is 19.6. The molecule has 0 saturated heterocycles. The monoisotopic (exact) mass is 379 g/mol. The predicted octanol–water partition coefficient (Wildman–Crippen LogP) is 2.63. The van der Waals surface area contributed by atoms with E-state index >= 15 is 0 Å². The Bertz CT molecular complexity index is 936. The molecule has 0 aliphatic rings. The Kier molecular flexibility index (Phi) is 6.45. The van der Waals surface area contributed by atoms with Crippen LogP contribution in [0.25, 0.3) is 10.9 Å². The zero-order valence-corrected chi connectivity index (χ0v) is 15.9. The number of aromatic nitrogens is 1. The van der Waals surface area contributed by atoms with E-state index in [0.29, 0.717) is 13.0 Å². The maximum absolute atomic E-state index is 13.0. The van der Waals surface area contributed by atoms with Crippen molar-refractivity contribution in [3.05, 3.63) is 71.9 Å². The minimum Gasteiger partial charge on any atom is -0.465 e. The van der Waals surface area contributed by atoms with E-state index in [1.165, 1.54) is 4.90 Å². The van der Waals surface area contributed by atoms with Crippen LogP contribution in [-0.2, 0) is 27.3 Å². The van der Waals surface area contributed by atoms with Crippen molar-refractivity contribution < 1.29 is 14.3 Å². The van der Waals surface area contributed by atoms with Gasteiger partial charge in [0.25, 0.3) is 0 Å². The minimum absolute atomic E-state index is 0.122. The number of rotatable bonds is 8. The molecule has 0 aliphatic carbocycles. The highest BCUT2D eigenvalue weighted by Gasteiger charge is 2.25. The van der Waals surface area contributed by atoms with Crippen molar-refractivity contribution in [1.82, 2.24) is 9.88 Å². The van der Waals surface area contributed by atoms with Crippen molar-refractivity contribution >= 4 is 22.8 Å². The summed E-state index contributed by atoms with van der Waals surface area (Å²) >= 11 is 0. The predicted molar refractivity (Wildman–Crippen MR) is 108 cm³/mol. The van der Waals surface area contributed by atoms with Crippen LogP contribution in [0.1, 0.15) is 18.1 Å². The summed E-state index contributed by atoms with van der Waals surface area (Å²) in [6, 6.07) is 16.7. The first-order valence-electron chi connectivity index (χ1n) is 9.37. The molecule has 1 heterocycles. The Hall–Kier alpha value is -3.12. The summed E-state index contributed by atoms with van der Waals surface area (Å²) in [5.41, 5.74) is 9.16. The Morgan fingerprint density at radius 1 is 1.11 bits per heavy atom. The van der Waals surface area contributed by atoms with E-state index < -0.39 is 12.0 Å². The van der Waals surface area contributed by atoms with Crippen LogP contribution in [0.3, 0.4) is 0 Å². The normalized spacial score (nSPS) is 11.9. The van der Waals surface area contributed by atoms with Crippen LogP contribution in [0.2, 0.25) is 0 Å². The first-order valence-corrected chi connectivity index (χ1v) is 9.37. The number of benzene rings is 2. The molecule has 3 N–H and O–H groups in total. The first-order chi connectivity index (χ1) is 13.6. The molecule has 1 amide bonds. The second-order valence-corrected chi connectivity index (χ2v) is 6.66. The molecule has 6 heteroatoms. The summed E-state index contributed by atoms with van der Waals surface area (Å²) in [5.74, 6) is -0.715. The van der Waals surface area contributed by atoms with Gasteiger partial charge in [0.1, 0.15) is 6.54 Å². The number of hydrogen-bond acceptors (Lipinski definition) is 4. The third-order valence-corrected chi connectivity index (χ3v) is 4.59. The number of para-hydroxylation sites is 1. The van der Waals surface area contributed by atoms with Gasteiger partial charge in [-0.3, -0.25) is 9.59 Å². The van der Waals surface area contributed by atoms with Crippen LogP contribution in [-0.4, -0.2) is 41.0 Å². The zero-order valence-electron chi connectivity index (χ0n) is 15.9. The minimum atomic E-state index is -0.752. The number of nitrogens with one attached hydrogen (secondary N) is 1. The van der Waals surface area contributed by atoms with E-state index in [1.807, 2.05) is 60.8 Å². The lowest BCUT2D eigenvalue weighted by molar-refractivity contribution is -0.149. The molecule has 1 atom stereocenters. The van der Waals surface area contributed by atoms with Gasteiger partial charge in [-0.1, -0.05) is 48.5 Å². The van der Waals surface area contributed by atoms with E-state index in [2.05, 4.69) is 4.98 Å². The van der Waals surface area contributed by atoms with E-state index in [1.54, 1.807) is 6.92 Å². The second kappa shape index (κ2) is 9.19. The lowest BCUT2D eigenvalue weighted by Gasteiger charge is -2.25. The highest BCUT2D eigenvalue weighted by Crippen LogP contribution is 2.19. The maximum atomic E-state index is 13.0. The molecular formula is C22H25N3O3. The second-order valence-electron chi connectivity index (χ2n) is 6.66. The van der Waals surface area contributed by atoms with Crippen LogP contribution in [0, 0.1) is 0 Å². The van der Waals surface area contributed by atoms with Gasteiger partial charge in [0, 0.05) is 23.6 Å². The lowest BCUT2D eigenvalue weighted by Crippen LogP contribution is -2.46. The fraction of sp³-hybridized carbons (Fsp3) is 0.273. The summed E-state index contributed by atoms with van der Waals surface area (Å²) < 4.78 is 5.02. The number of ether oxygens (including phenoxy) is 1. The lowest BCUT2D eigenvalue weighted by atomic mass is 10.0. The molecule has 0 fully saturated rings. The summed E-state index contributed by atoms with van der Waals surface area (Å²) in [5, 5.41) is 1.05. The number of nitrogens with two attached hydrogens (primary N) is 1. The van der Waals surface area contributed by atoms with Gasteiger partial charge in [-0.05, 0) is 30.5 Å². The Labute approximate surface area is 164 Å². The molecule has 0 aliphatic heterocycles. The third-order valence-electron chi connectivity index (χ3n) is 4.59.